The number of hydrogen-bond acceptors (Lipinski definition) is 5. The first kappa shape index (κ1) is 23.0. The molecule has 1 aromatic heterocycles. The number of aliphatic hydroxyl groups is 1. The highest BCUT2D eigenvalue weighted by Crippen LogP contribution is 2.33. The number of benzene rings is 1. The van der Waals surface area contributed by atoms with E-state index >= 15 is 0 Å². The molecule has 1 aromatic carbocycles. The Labute approximate surface area is 184 Å². The third kappa shape index (κ3) is 5.15. The minimum atomic E-state index is -0.494. The molecular formula is C24H33N3O4. The Kier molecular flexibility index (Phi) is 7.49. The smallest absolute Gasteiger partial charge is 0.343 e. The van der Waals surface area contributed by atoms with Gasteiger partial charge in [-0.1, -0.05) is 19.1 Å². The summed E-state index contributed by atoms with van der Waals surface area (Å²) in [5.74, 6) is 0.457. The molecule has 1 aliphatic rings. The van der Waals surface area contributed by atoms with Crippen LogP contribution < -0.4 is 4.90 Å². The molecule has 0 unspecified atom stereocenters. The van der Waals surface area contributed by atoms with Gasteiger partial charge in [-0.25, -0.2) is 9.48 Å². The number of esters is 1. The zero-order valence-electron chi connectivity index (χ0n) is 18.9. The van der Waals surface area contributed by atoms with Gasteiger partial charge in [0.15, 0.2) is 5.82 Å². The minimum absolute atomic E-state index is 0.0216. The van der Waals surface area contributed by atoms with Crippen molar-refractivity contribution in [1.29, 1.82) is 0 Å². The van der Waals surface area contributed by atoms with Gasteiger partial charge in [-0.15, -0.1) is 5.10 Å². The first-order valence-electron chi connectivity index (χ1n) is 11.2. The van der Waals surface area contributed by atoms with Gasteiger partial charge in [-0.2, -0.15) is 0 Å². The quantitative estimate of drug-likeness (QED) is 0.672. The van der Waals surface area contributed by atoms with E-state index in [1.54, 1.807) is 34.8 Å². The maximum Gasteiger partial charge on any atom is 0.343 e. The molecule has 168 valence electrons. The predicted octanol–water partition coefficient (Wildman–Crippen LogP) is 4.11. The molecule has 7 heteroatoms. The number of ether oxygens (including phenoxy) is 1. The van der Waals surface area contributed by atoms with E-state index in [1.807, 2.05) is 26.0 Å². The van der Waals surface area contributed by atoms with Crippen molar-refractivity contribution in [3.63, 3.8) is 0 Å². The van der Waals surface area contributed by atoms with Gasteiger partial charge >= 0.3 is 5.97 Å². The van der Waals surface area contributed by atoms with Crippen LogP contribution in [-0.4, -0.2) is 39.4 Å². The van der Waals surface area contributed by atoms with Gasteiger partial charge in [0.05, 0.1) is 18.9 Å². The molecule has 0 radical (unpaired) electrons. The molecule has 31 heavy (non-hydrogen) atoms. The average Bonchev–Trinajstić information content (AvgIpc) is 3.19. The van der Waals surface area contributed by atoms with Crippen LogP contribution in [0.25, 0.3) is 5.69 Å². The summed E-state index contributed by atoms with van der Waals surface area (Å²) >= 11 is 0. The molecule has 3 rings (SSSR count). The van der Waals surface area contributed by atoms with Gasteiger partial charge < -0.3 is 9.84 Å². The molecule has 7 nitrogen and oxygen atoms in total. The predicted molar refractivity (Wildman–Crippen MR) is 119 cm³/mol. The fraction of sp³-hybridized carbons (Fsp3) is 0.542. The monoisotopic (exact) mass is 427 g/mol. The molecule has 0 atom stereocenters. The van der Waals surface area contributed by atoms with Crippen LogP contribution in [0.1, 0.15) is 69.3 Å². The minimum Gasteiger partial charge on any atom is -0.462 e. The molecule has 0 saturated heterocycles. The topological polar surface area (TPSA) is 84.7 Å². The highest BCUT2D eigenvalue weighted by Gasteiger charge is 2.34. The first-order valence-corrected chi connectivity index (χ1v) is 11.2. The molecular weight excluding hydrogens is 394 g/mol. The number of aromatic nitrogens is 2. The molecule has 1 N–H and O–H groups in total. The van der Waals surface area contributed by atoms with Gasteiger partial charge in [-0.3, -0.25) is 9.69 Å². The first-order chi connectivity index (χ1) is 14.8. The molecule has 0 aliphatic heterocycles. The van der Waals surface area contributed by atoms with Crippen LogP contribution in [0.15, 0.2) is 30.5 Å². The van der Waals surface area contributed by atoms with Crippen molar-refractivity contribution in [2.75, 3.05) is 11.5 Å². The second kappa shape index (κ2) is 10.1. The van der Waals surface area contributed by atoms with Gasteiger partial charge in [0.1, 0.15) is 5.56 Å². The van der Waals surface area contributed by atoms with Crippen LogP contribution in [0.5, 0.6) is 0 Å². The number of aliphatic hydroxyl groups excluding tert-OH is 1. The maximum absolute atomic E-state index is 13.5. The second-order valence-electron chi connectivity index (χ2n) is 8.61. The standard InChI is InChI=1S/C24H33N3O4/c1-5-31-24(30)21-14-26(20-12-8-18(15-28)9-13-20)25-22(21)27(16(2)3)23(29)19-10-6-17(4)7-11-19/h8-9,12-14,16-17,19,28H,5-7,10-11,15H2,1-4H3/t17-,19-. The maximum atomic E-state index is 13.5. The van der Waals surface area contributed by atoms with Gasteiger partial charge in [0, 0.05) is 18.2 Å². The Bertz CT molecular complexity index is 896. The summed E-state index contributed by atoms with van der Waals surface area (Å²) in [6.45, 7) is 8.05. The lowest BCUT2D eigenvalue weighted by Crippen LogP contribution is -2.43. The number of amides is 1. The molecule has 1 fully saturated rings. The molecule has 1 amide bonds. The summed E-state index contributed by atoms with van der Waals surface area (Å²) in [5, 5.41) is 13.9. The lowest BCUT2D eigenvalue weighted by molar-refractivity contribution is -0.124. The van der Waals surface area contributed by atoms with Crippen LogP contribution in [0.2, 0.25) is 0 Å². The average molecular weight is 428 g/mol. The SMILES string of the molecule is CCOC(=O)c1cn(-c2ccc(CO)cc2)nc1N(C(=O)[C@H]1CC[C@H](C)CC1)C(C)C. The van der Waals surface area contributed by atoms with Crippen molar-refractivity contribution in [3.8, 4) is 5.69 Å². The third-order valence-corrected chi connectivity index (χ3v) is 5.92. The van der Waals surface area contributed by atoms with Gasteiger partial charge in [0.2, 0.25) is 5.91 Å². The zero-order valence-corrected chi connectivity index (χ0v) is 18.9. The Morgan fingerprint density at radius 2 is 1.84 bits per heavy atom. The Morgan fingerprint density at radius 1 is 1.19 bits per heavy atom. The van der Waals surface area contributed by atoms with E-state index in [1.165, 1.54) is 0 Å². The Hall–Kier alpha value is -2.67. The highest BCUT2D eigenvalue weighted by atomic mass is 16.5. The normalized spacial score (nSPS) is 18.8. The number of rotatable bonds is 7. The number of anilines is 1. The van der Waals surface area contributed by atoms with Gasteiger partial charge in [-0.05, 0) is 70.1 Å². The highest BCUT2D eigenvalue weighted by molar-refractivity contribution is 6.02. The number of hydrogen-bond donors (Lipinski definition) is 1. The zero-order chi connectivity index (χ0) is 22.5. The van der Waals surface area contributed by atoms with Crippen LogP contribution in [-0.2, 0) is 16.1 Å². The summed E-state index contributed by atoms with van der Waals surface area (Å²) in [4.78, 5) is 27.9. The van der Waals surface area contributed by atoms with E-state index in [4.69, 9.17) is 4.74 Å². The van der Waals surface area contributed by atoms with Crippen molar-refractivity contribution in [3.05, 3.63) is 41.6 Å². The fourth-order valence-electron chi connectivity index (χ4n) is 4.09. The molecule has 1 heterocycles. The van der Waals surface area contributed by atoms with Gasteiger partial charge in [0.25, 0.3) is 0 Å². The van der Waals surface area contributed by atoms with Crippen molar-refractivity contribution >= 4 is 17.7 Å². The summed E-state index contributed by atoms with van der Waals surface area (Å²) in [6, 6.07) is 7.09. The van der Waals surface area contributed by atoms with Crippen LogP contribution in [0.3, 0.4) is 0 Å². The second-order valence-corrected chi connectivity index (χ2v) is 8.61. The van der Waals surface area contributed by atoms with E-state index < -0.39 is 5.97 Å². The van der Waals surface area contributed by atoms with Crippen molar-refractivity contribution in [1.82, 2.24) is 9.78 Å². The summed E-state index contributed by atoms with van der Waals surface area (Å²) in [6.07, 6.45) is 5.42. The Morgan fingerprint density at radius 3 is 2.39 bits per heavy atom. The number of carbonyl (C=O) groups excluding carboxylic acids is 2. The summed E-state index contributed by atoms with van der Waals surface area (Å²) in [7, 11) is 0. The summed E-state index contributed by atoms with van der Waals surface area (Å²) < 4.78 is 6.85. The molecule has 0 bridgehead atoms. The van der Waals surface area contributed by atoms with Crippen LogP contribution in [0.4, 0.5) is 5.82 Å². The largest absolute Gasteiger partial charge is 0.462 e. The molecule has 0 spiro atoms. The molecule has 1 saturated carbocycles. The van der Waals surface area contributed by atoms with E-state index in [2.05, 4.69) is 12.0 Å². The van der Waals surface area contributed by atoms with Crippen LogP contribution in [0, 0.1) is 11.8 Å². The lowest BCUT2D eigenvalue weighted by atomic mass is 9.82. The van der Waals surface area contributed by atoms with E-state index in [9.17, 15) is 14.7 Å². The van der Waals surface area contributed by atoms with E-state index in [0.717, 1.165) is 36.9 Å². The Balaban J connectivity index is 2.01. The van der Waals surface area contributed by atoms with Crippen molar-refractivity contribution in [2.24, 2.45) is 11.8 Å². The third-order valence-electron chi connectivity index (χ3n) is 5.92. The fourth-order valence-corrected chi connectivity index (χ4v) is 4.09. The number of carbonyl (C=O) groups is 2. The lowest BCUT2D eigenvalue weighted by Gasteiger charge is -2.32. The van der Waals surface area contributed by atoms with E-state index in [0.29, 0.717) is 11.7 Å². The number of nitrogens with zero attached hydrogens (tertiary/aromatic N) is 3. The molecule has 1 aliphatic carbocycles. The van der Waals surface area contributed by atoms with Crippen molar-refractivity contribution < 1.29 is 19.4 Å². The van der Waals surface area contributed by atoms with Crippen LogP contribution >= 0.6 is 0 Å². The van der Waals surface area contributed by atoms with E-state index in [-0.39, 0.29) is 36.6 Å². The molecule has 2 aromatic rings. The summed E-state index contributed by atoms with van der Waals surface area (Å²) in [5.41, 5.74) is 1.79. The van der Waals surface area contributed by atoms with Crippen molar-refractivity contribution in [2.45, 2.75) is 66.0 Å².